The zero-order chi connectivity index (χ0) is 34.7. The zero-order valence-electron chi connectivity index (χ0n) is 29.8. The number of carbonyl (C=O) groups is 2. The van der Waals surface area contributed by atoms with Crippen LogP contribution in [0.4, 0.5) is 10.1 Å². The quantitative estimate of drug-likeness (QED) is 0.249. The summed E-state index contributed by atoms with van der Waals surface area (Å²) in [5.41, 5.74) is 2.88. The number of para-hydroxylation sites is 1. The van der Waals surface area contributed by atoms with E-state index >= 15 is 4.39 Å². The van der Waals surface area contributed by atoms with Gasteiger partial charge in [-0.3, -0.25) is 14.5 Å². The normalized spacial score (nSPS) is 26.1. The maximum absolute atomic E-state index is 15.7. The summed E-state index contributed by atoms with van der Waals surface area (Å²) in [6.07, 6.45) is 9.25. The number of carbonyl (C=O) groups excluding carboxylic acids is 2. The average Bonchev–Trinajstić information content (AvgIpc) is 3.79. The third-order valence-electron chi connectivity index (χ3n) is 11.1. The van der Waals surface area contributed by atoms with Gasteiger partial charge in [0.2, 0.25) is 5.91 Å². The number of methoxy groups -OCH3 is 2. The van der Waals surface area contributed by atoms with Crippen LogP contribution in [0, 0.1) is 18.7 Å². The van der Waals surface area contributed by atoms with Gasteiger partial charge in [-0.05, 0) is 81.0 Å². The number of anilines is 1. The molecule has 3 aliphatic rings. The van der Waals surface area contributed by atoms with Crippen LogP contribution in [0.1, 0.15) is 73.4 Å². The number of rotatable bonds is 12. The zero-order valence-corrected chi connectivity index (χ0v) is 29.8. The second kappa shape index (κ2) is 15.7. The van der Waals surface area contributed by atoms with Crippen molar-refractivity contribution in [1.29, 1.82) is 0 Å². The number of aryl methyl sites for hydroxylation is 2. The standard InChI is InChI=1S/C39H53FN4O5/c1-25-10-14-32(15-11-25)49-24-31-18-30(44-28(22-47-4)12-13-29(44)23-48-5)20-43(31)38(45)17-27-16-26(2)36(19-35(27)40)41-39(46)34-21-42(3)37-9-7-6-8-33(34)37/h6-9,16,19,21,25,28-32H,10-15,17-18,20,22-24H2,1-5H3,(H,41,46)/t25-,28-,29?,30-,31-,32-/m0/s1. The topological polar surface area (TPSA) is 85.3 Å². The van der Waals surface area contributed by atoms with Crippen molar-refractivity contribution in [3.05, 3.63) is 65.1 Å². The van der Waals surface area contributed by atoms with Crippen LogP contribution >= 0.6 is 0 Å². The van der Waals surface area contributed by atoms with Crippen molar-refractivity contribution in [1.82, 2.24) is 14.4 Å². The number of likely N-dealkylation sites (tertiary alicyclic amines) is 2. The van der Waals surface area contributed by atoms with E-state index < -0.39 is 5.82 Å². The summed E-state index contributed by atoms with van der Waals surface area (Å²) < 4.78 is 35.3. The maximum Gasteiger partial charge on any atom is 0.257 e. The fourth-order valence-electron chi connectivity index (χ4n) is 8.50. The van der Waals surface area contributed by atoms with Gasteiger partial charge in [0.1, 0.15) is 5.82 Å². The summed E-state index contributed by atoms with van der Waals surface area (Å²) in [6, 6.07) is 11.3. The van der Waals surface area contributed by atoms with Crippen LogP contribution in [-0.4, -0.2) is 97.0 Å². The summed E-state index contributed by atoms with van der Waals surface area (Å²) >= 11 is 0. The van der Waals surface area contributed by atoms with Crippen LogP contribution < -0.4 is 5.32 Å². The number of aromatic nitrogens is 1. The molecule has 2 saturated heterocycles. The predicted octanol–water partition coefficient (Wildman–Crippen LogP) is 6.11. The lowest BCUT2D eigenvalue weighted by molar-refractivity contribution is -0.133. The number of hydrogen-bond acceptors (Lipinski definition) is 6. The Hall–Kier alpha value is -3.31. The van der Waals surface area contributed by atoms with Gasteiger partial charge in [0.05, 0.1) is 44.0 Å². The van der Waals surface area contributed by atoms with Gasteiger partial charge in [-0.15, -0.1) is 0 Å². The number of ether oxygens (including phenoxy) is 3. The molecule has 49 heavy (non-hydrogen) atoms. The molecule has 4 atom stereocenters. The fourth-order valence-corrected chi connectivity index (χ4v) is 8.50. The van der Waals surface area contributed by atoms with Crippen LogP contribution in [0.15, 0.2) is 42.6 Å². The molecule has 1 aliphatic carbocycles. The van der Waals surface area contributed by atoms with Crippen molar-refractivity contribution in [2.24, 2.45) is 13.0 Å². The summed E-state index contributed by atoms with van der Waals surface area (Å²) in [5, 5.41) is 3.73. The molecule has 1 N–H and O–H groups in total. The molecule has 3 fully saturated rings. The summed E-state index contributed by atoms with van der Waals surface area (Å²) in [5.74, 6) is -0.186. The Kier molecular flexibility index (Phi) is 11.4. The molecule has 10 heteroatoms. The molecule has 1 aromatic heterocycles. The van der Waals surface area contributed by atoms with E-state index in [0.29, 0.717) is 48.7 Å². The summed E-state index contributed by atoms with van der Waals surface area (Å²) in [6.45, 7) is 6.46. The van der Waals surface area contributed by atoms with E-state index in [4.69, 9.17) is 14.2 Å². The average molecular weight is 677 g/mol. The van der Waals surface area contributed by atoms with E-state index in [0.717, 1.165) is 48.9 Å². The molecule has 2 aromatic carbocycles. The monoisotopic (exact) mass is 676 g/mol. The fraction of sp³-hybridized carbons (Fsp3) is 0.590. The molecule has 0 radical (unpaired) electrons. The molecule has 266 valence electrons. The summed E-state index contributed by atoms with van der Waals surface area (Å²) in [4.78, 5) is 31.9. The van der Waals surface area contributed by atoms with E-state index in [1.54, 1.807) is 26.5 Å². The number of nitrogens with one attached hydrogen (secondary N) is 1. The van der Waals surface area contributed by atoms with E-state index in [2.05, 4.69) is 17.1 Å². The third-order valence-corrected chi connectivity index (χ3v) is 11.1. The Morgan fingerprint density at radius 3 is 2.33 bits per heavy atom. The first-order valence-electron chi connectivity index (χ1n) is 18.0. The molecule has 1 saturated carbocycles. The van der Waals surface area contributed by atoms with Crippen LogP contribution in [0.2, 0.25) is 0 Å². The van der Waals surface area contributed by atoms with Crippen molar-refractivity contribution < 1.29 is 28.2 Å². The van der Waals surface area contributed by atoms with Crippen molar-refractivity contribution in [3.63, 3.8) is 0 Å². The lowest BCUT2D eigenvalue weighted by atomic mass is 9.89. The minimum absolute atomic E-state index is 0.0581. The van der Waals surface area contributed by atoms with E-state index in [1.165, 1.54) is 18.9 Å². The molecular formula is C39H53FN4O5. The second-order valence-corrected chi connectivity index (χ2v) is 14.6. The molecule has 0 bridgehead atoms. The van der Waals surface area contributed by atoms with Crippen molar-refractivity contribution in [2.45, 2.75) is 95.5 Å². The SMILES string of the molecule is COCC1CC[C@@H](COC)N1[C@H]1C[C@@H](CO[C@H]2CC[C@H](C)CC2)N(C(=O)Cc2cc(C)c(NC(=O)c3cn(C)c4ccccc34)cc2F)C1. The second-order valence-electron chi connectivity index (χ2n) is 14.6. The predicted molar refractivity (Wildman–Crippen MR) is 189 cm³/mol. The van der Waals surface area contributed by atoms with Gasteiger partial charge in [-0.25, -0.2) is 4.39 Å². The highest BCUT2D eigenvalue weighted by Gasteiger charge is 2.45. The first-order valence-corrected chi connectivity index (χ1v) is 18.0. The van der Waals surface area contributed by atoms with Crippen molar-refractivity contribution in [2.75, 3.05) is 45.9 Å². The first-order chi connectivity index (χ1) is 23.7. The van der Waals surface area contributed by atoms with Crippen molar-refractivity contribution >= 4 is 28.4 Å². The highest BCUT2D eigenvalue weighted by molar-refractivity contribution is 6.13. The molecule has 6 rings (SSSR count). The molecular weight excluding hydrogens is 623 g/mol. The first kappa shape index (κ1) is 35.5. The lowest BCUT2D eigenvalue weighted by Crippen LogP contribution is -2.49. The van der Waals surface area contributed by atoms with Crippen LogP contribution in [0.25, 0.3) is 10.9 Å². The van der Waals surface area contributed by atoms with E-state index in [9.17, 15) is 9.59 Å². The maximum atomic E-state index is 15.7. The minimum Gasteiger partial charge on any atom is -0.383 e. The number of benzene rings is 2. The van der Waals surface area contributed by atoms with Crippen LogP contribution in [-0.2, 0) is 32.5 Å². The Labute approximate surface area is 290 Å². The van der Waals surface area contributed by atoms with Crippen LogP contribution in [0.5, 0.6) is 0 Å². The molecule has 3 heterocycles. The number of fused-ring (bicyclic) bond motifs is 1. The largest absolute Gasteiger partial charge is 0.383 e. The molecule has 9 nitrogen and oxygen atoms in total. The molecule has 0 spiro atoms. The van der Waals surface area contributed by atoms with Gasteiger partial charge in [-0.1, -0.05) is 31.2 Å². The number of hydrogen-bond donors (Lipinski definition) is 1. The van der Waals surface area contributed by atoms with Gasteiger partial charge in [0, 0.05) is 68.7 Å². The Bertz CT molecular complexity index is 1600. The third kappa shape index (κ3) is 7.88. The van der Waals surface area contributed by atoms with E-state index in [-0.39, 0.29) is 48.5 Å². The van der Waals surface area contributed by atoms with E-state index in [1.807, 2.05) is 47.7 Å². The molecule has 2 aliphatic heterocycles. The Morgan fingerprint density at radius 1 is 0.939 bits per heavy atom. The van der Waals surface area contributed by atoms with Gasteiger partial charge in [0.15, 0.2) is 0 Å². The number of halogens is 1. The van der Waals surface area contributed by atoms with Crippen molar-refractivity contribution in [3.8, 4) is 0 Å². The van der Waals surface area contributed by atoms with Gasteiger partial charge >= 0.3 is 0 Å². The highest BCUT2D eigenvalue weighted by Crippen LogP contribution is 2.35. The van der Waals surface area contributed by atoms with Gasteiger partial charge < -0.3 is 29.0 Å². The van der Waals surface area contributed by atoms with Gasteiger partial charge in [0.25, 0.3) is 5.91 Å². The van der Waals surface area contributed by atoms with Crippen LogP contribution in [0.3, 0.4) is 0 Å². The molecule has 1 unspecified atom stereocenters. The summed E-state index contributed by atoms with van der Waals surface area (Å²) in [7, 11) is 5.38. The molecule has 3 aromatic rings. The minimum atomic E-state index is -0.507. The Morgan fingerprint density at radius 2 is 1.63 bits per heavy atom. The molecule has 2 amide bonds. The highest BCUT2D eigenvalue weighted by atomic mass is 19.1. The lowest BCUT2D eigenvalue weighted by Gasteiger charge is -2.35. The Balaban J connectivity index is 1.18. The smallest absolute Gasteiger partial charge is 0.257 e. The van der Waals surface area contributed by atoms with Gasteiger partial charge in [-0.2, -0.15) is 0 Å². The number of nitrogens with zero attached hydrogens (tertiary/aromatic N) is 3. The number of amides is 2.